The second kappa shape index (κ2) is 7.53. The van der Waals surface area contributed by atoms with Gasteiger partial charge in [0, 0.05) is 11.6 Å². The van der Waals surface area contributed by atoms with E-state index in [1.54, 1.807) is 32.0 Å². The molecule has 0 aliphatic carbocycles. The summed E-state index contributed by atoms with van der Waals surface area (Å²) in [4.78, 5) is 12.9. The molecule has 23 heavy (non-hydrogen) atoms. The van der Waals surface area contributed by atoms with E-state index in [0.29, 0.717) is 28.3 Å². The third-order valence-electron chi connectivity index (χ3n) is 2.91. The van der Waals surface area contributed by atoms with Gasteiger partial charge in [-0.25, -0.2) is 4.79 Å². The minimum absolute atomic E-state index is 0.0652. The fraction of sp³-hybridized carbons (Fsp3) is 0.375. The highest BCUT2D eigenvalue weighted by molar-refractivity contribution is 5.92. The average Bonchev–Trinajstić information content (AvgIpc) is 2.91. The summed E-state index contributed by atoms with van der Waals surface area (Å²) >= 11 is 0. The largest absolute Gasteiger partial charge is 0.493 e. The van der Waals surface area contributed by atoms with Crippen molar-refractivity contribution in [3.8, 4) is 11.6 Å². The Kier molecular flexibility index (Phi) is 5.46. The highest BCUT2D eigenvalue weighted by Crippen LogP contribution is 2.25. The van der Waals surface area contributed by atoms with E-state index < -0.39 is 5.97 Å². The van der Waals surface area contributed by atoms with Crippen LogP contribution in [0.25, 0.3) is 0 Å². The number of hydrogen-bond donors (Lipinski definition) is 1. The average molecular weight is 320 g/mol. The first-order valence-corrected chi connectivity index (χ1v) is 7.34. The van der Waals surface area contributed by atoms with Gasteiger partial charge in [-0.2, -0.15) is 0 Å². The van der Waals surface area contributed by atoms with Crippen LogP contribution in [0.5, 0.6) is 11.6 Å². The lowest BCUT2D eigenvalue weighted by molar-refractivity contribution is 0.0374. The molecule has 0 atom stereocenters. The zero-order valence-corrected chi connectivity index (χ0v) is 13.4. The number of ether oxygens (including phenoxy) is 3. The number of rotatable bonds is 7. The summed E-state index contributed by atoms with van der Waals surface area (Å²) in [6.45, 7) is 5.95. The maximum Gasteiger partial charge on any atom is 0.338 e. The summed E-state index contributed by atoms with van der Waals surface area (Å²) in [5.74, 6) is 0.351. The van der Waals surface area contributed by atoms with Gasteiger partial charge < -0.3 is 19.4 Å². The molecule has 0 fully saturated rings. The van der Waals surface area contributed by atoms with Crippen molar-refractivity contribution in [2.45, 2.75) is 33.5 Å². The molecule has 1 heterocycles. The van der Waals surface area contributed by atoms with Crippen molar-refractivity contribution >= 4 is 5.97 Å². The van der Waals surface area contributed by atoms with E-state index in [1.165, 1.54) is 12.3 Å². The minimum Gasteiger partial charge on any atom is -0.493 e. The Hall–Kier alpha value is -2.70. The highest BCUT2D eigenvalue weighted by atomic mass is 16.5. The molecule has 124 valence electrons. The first-order chi connectivity index (χ1) is 11.0. The number of carbonyl (C=O) groups is 1. The Morgan fingerprint density at radius 2 is 2.09 bits per heavy atom. The third-order valence-corrected chi connectivity index (χ3v) is 2.91. The van der Waals surface area contributed by atoms with Crippen molar-refractivity contribution in [3.05, 3.63) is 41.6 Å². The van der Waals surface area contributed by atoms with E-state index in [4.69, 9.17) is 19.4 Å². The second-order valence-electron chi connectivity index (χ2n) is 5.03. The van der Waals surface area contributed by atoms with Gasteiger partial charge >= 0.3 is 5.97 Å². The molecule has 2 rings (SSSR count). The molecular weight excluding hydrogens is 300 g/mol. The predicted molar refractivity (Wildman–Crippen MR) is 81.9 cm³/mol. The van der Waals surface area contributed by atoms with Gasteiger partial charge in [0.2, 0.25) is 5.88 Å². The zero-order valence-electron chi connectivity index (χ0n) is 13.4. The number of nitrogens with zero attached hydrogens (tertiary/aromatic N) is 2. The van der Waals surface area contributed by atoms with Crippen LogP contribution >= 0.6 is 0 Å². The van der Waals surface area contributed by atoms with Crippen LogP contribution in [0.2, 0.25) is 0 Å². The standard InChI is InChI=1S/C16H20N2O5/c1-4-21-14-7-5-6-12(16(19)23-11(2)3)13(14)10-22-15-8-9-18(20)17-15/h5-9,11,20H,4,10H2,1-3H3. The van der Waals surface area contributed by atoms with Crippen LogP contribution in [0.3, 0.4) is 0 Å². The van der Waals surface area contributed by atoms with E-state index in [0.717, 1.165) is 0 Å². The van der Waals surface area contributed by atoms with Gasteiger partial charge in [0.1, 0.15) is 12.4 Å². The Morgan fingerprint density at radius 3 is 2.70 bits per heavy atom. The Bertz CT molecular complexity index is 666. The van der Waals surface area contributed by atoms with Crippen molar-refractivity contribution < 1.29 is 24.2 Å². The molecule has 0 bridgehead atoms. The van der Waals surface area contributed by atoms with Crippen LogP contribution in [-0.4, -0.2) is 33.8 Å². The van der Waals surface area contributed by atoms with E-state index in [2.05, 4.69) is 5.10 Å². The number of carbonyl (C=O) groups excluding carboxylic acids is 1. The van der Waals surface area contributed by atoms with Gasteiger partial charge in [-0.1, -0.05) is 11.2 Å². The first-order valence-electron chi connectivity index (χ1n) is 7.34. The molecule has 2 aromatic rings. The van der Waals surface area contributed by atoms with Crippen LogP contribution in [0.4, 0.5) is 0 Å². The number of benzene rings is 1. The Morgan fingerprint density at radius 1 is 1.30 bits per heavy atom. The van der Waals surface area contributed by atoms with Crippen LogP contribution in [0.1, 0.15) is 36.7 Å². The summed E-state index contributed by atoms with van der Waals surface area (Å²) < 4.78 is 16.3. The molecule has 1 N–H and O–H groups in total. The van der Waals surface area contributed by atoms with Crippen molar-refractivity contribution in [2.75, 3.05) is 6.61 Å². The minimum atomic E-state index is -0.437. The maximum absolute atomic E-state index is 12.3. The molecule has 0 unspecified atom stereocenters. The predicted octanol–water partition coefficient (Wildman–Crippen LogP) is 2.66. The molecule has 0 spiro atoms. The van der Waals surface area contributed by atoms with Crippen molar-refractivity contribution in [2.24, 2.45) is 0 Å². The number of hydrogen-bond acceptors (Lipinski definition) is 6. The van der Waals surface area contributed by atoms with Crippen LogP contribution in [0, 0.1) is 0 Å². The zero-order chi connectivity index (χ0) is 16.8. The van der Waals surface area contributed by atoms with Crippen molar-refractivity contribution in [3.63, 3.8) is 0 Å². The van der Waals surface area contributed by atoms with Crippen LogP contribution < -0.4 is 9.47 Å². The highest BCUT2D eigenvalue weighted by Gasteiger charge is 2.19. The Labute approximate surface area is 134 Å². The van der Waals surface area contributed by atoms with Gasteiger partial charge in [0.25, 0.3) is 0 Å². The molecule has 1 aromatic carbocycles. The fourth-order valence-corrected chi connectivity index (χ4v) is 2.00. The normalized spacial score (nSPS) is 10.6. The summed E-state index contributed by atoms with van der Waals surface area (Å²) in [7, 11) is 0. The summed E-state index contributed by atoms with van der Waals surface area (Å²) in [6, 6.07) is 6.67. The van der Waals surface area contributed by atoms with E-state index in [-0.39, 0.29) is 18.6 Å². The van der Waals surface area contributed by atoms with Gasteiger partial charge in [0.15, 0.2) is 0 Å². The maximum atomic E-state index is 12.3. The summed E-state index contributed by atoms with van der Waals surface area (Å²) in [5.41, 5.74) is 0.959. The van der Waals surface area contributed by atoms with Crippen molar-refractivity contribution in [1.82, 2.24) is 9.94 Å². The summed E-state index contributed by atoms with van der Waals surface area (Å²) in [6.07, 6.45) is 1.12. The van der Waals surface area contributed by atoms with E-state index >= 15 is 0 Å². The second-order valence-corrected chi connectivity index (χ2v) is 5.03. The van der Waals surface area contributed by atoms with Gasteiger partial charge in [-0.15, -0.1) is 4.85 Å². The molecular formula is C16H20N2O5. The molecule has 0 amide bonds. The van der Waals surface area contributed by atoms with Gasteiger partial charge in [-0.05, 0) is 32.9 Å². The molecule has 0 aliphatic rings. The monoisotopic (exact) mass is 320 g/mol. The number of esters is 1. The smallest absolute Gasteiger partial charge is 0.338 e. The number of aromatic nitrogens is 2. The molecule has 0 aliphatic heterocycles. The van der Waals surface area contributed by atoms with Crippen molar-refractivity contribution in [1.29, 1.82) is 0 Å². The molecule has 0 saturated heterocycles. The van der Waals surface area contributed by atoms with E-state index in [9.17, 15) is 4.79 Å². The molecule has 7 nitrogen and oxygen atoms in total. The topological polar surface area (TPSA) is 82.8 Å². The quantitative estimate of drug-likeness (QED) is 0.624. The fourth-order valence-electron chi connectivity index (χ4n) is 2.00. The SMILES string of the molecule is CCOc1cccc(C(=O)OC(C)C)c1COc1ccn(O)n1. The molecule has 7 heteroatoms. The van der Waals surface area contributed by atoms with Gasteiger partial charge in [-0.3, -0.25) is 0 Å². The van der Waals surface area contributed by atoms with Crippen LogP contribution in [0.15, 0.2) is 30.5 Å². The lowest BCUT2D eigenvalue weighted by atomic mass is 10.1. The van der Waals surface area contributed by atoms with Gasteiger partial charge in [0.05, 0.1) is 24.5 Å². The molecule has 0 saturated carbocycles. The molecule has 1 aromatic heterocycles. The van der Waals surface area contributed by atoms with Crippen LogP contribution in [-0.2, 0) is 11.3 Å². The van der Waals surface area contributed by atoms with E-state index in [1.807, 2.05) is 6.92 Å². The summed E-state index contributed by atoms with van der Waals surface area (Å²) in [5, 5.41) is 12.9. The lowest BCUT2D eigenvalue weighted by Crippen LogP contribution is -2.15. The third kappa shape index (κ3) is 4.38. The molecule has 0 radical (unpaired) electrons. The first kappa shape index (κ1) is 16.7. The lowest BCUT2D eigenvalue weighted by Gasteiger charge is -2.15. The Balaban J connectivity index is 2.26.